The minimum absolute atomic E-state index is 0.179. The van der Waals surface area contributed by atoms with E-state index in [-0.39, 0.29) is 12.0 Å². The highest BCUT2D eigenvalue weighted by Gasteiger charge is 2.26. The van der Waals surface area contributed by atoms with Gasteiger partial charge >= 0.3 is 0 Å². The van der Waals surface area contributed by atoms with Gasteiger partial charge in [0, 0.05) is 19.1 Å². The van der Waals surface area contributed by atoms with Crippen LogP contribution in [0.5, 0.6) is 0 Å². The lowest BCUT2D eigenvalue weighted by atomic mass is 9.86. The van der Waals surface area contributed by atoms with Gasteiger partial charge in [0.25, 0.3) is 0 Å². The Labute approximate surface area is 75.6 Å². The van der Waals surface area contributed by atoms with E-state index in [0.717, 1.165) is 0 Å². The Morgan fingerprint density at radius 2 is 1.92 bits per heavy atom. The number of hydrogen-bond donors (Lipinski definition) is 2. The lowest BCUT2D eigenvalue weighted by Crippen LogP contribution is -2.47. The van der Waals surface area contributed by atoms with Crippen LogP contribution in [0.4, 0.5) is 0 Å². The Morgan fingerprint density at radius 3 is 2.17 bits per heavy atom. The summed E-state index contributed by atoms with van der Waals surface area (Å²) in [5.74, 6) is 0. The molecule has 0 fully saturated rings. The van der Waals surface area contributed by atoms with E-state index in [2.05, 4.69) is 25.7 Å². The van der Waals surface area contributed by atoms with Gasteiger partial charge in [0.15, 0.2) is 0 Å². The summed E-state index contributed by atoms with van der Waals surface area (Å²) in [6.07, 6.45) is 0. The summed E-state index contributed by atoms with van der Waals surface area (Å²) in [6, 6.07) is 0.338. The van der Waals surface area contributed by atoms with E-state index < -0.39 is 0 Å². The number of nitrogens with two attached hydrogens (primary N) is 1. The second-order valence-corrected chi connectivity index (χ2v) is 4.32. The molecule has 0 aliphatic rings. The Hall–Kier alpha value is -0.120. The quantitative estimate of drug-likeness (QED) is 0.644. The third-order valence-electron chi connectivity index (χ3n) is 2.21. The molecule has 3 heteroatoms. The summed E-state index contributed by atoms with van der Waals surface area (Å²) < 4.78 is 0. The molecule has 1 unspecified atom stereocenters. The molecule has 0 saturated carbocycles. The fourth-order valence-electron chi connectivity index (χ4n) is 1.51. The molecule has 0 radical (unpaired) electrons. The Kier molecular flexibility index (Phi) is 4.75. The van der Waals surface area contributed by atoms with E-state index in [0.29, 0.717) is 19.1 Å². The first-order valence-corrected chi connectivity index (χ1v) is 4.44. The number of hydrogen-bond acceptors (Lipinski definition) is 3. The molecule has 0 aliphatic carbocycles. The highest BCUT2D eigenvalue weighted by atomic mass is 16.3. The standard InChI is InChI=1S/C9H22N2O/c1-9(2,3)8(7-10)11(4)5-6-12/h8,12H,5-7,10H2,1-4H3. The zero-order chi connectivity index (χ0) is 9.78. The van der Waals surface area contributed by atoms with Crippen molar-refractivity contribution in [2.75, 3.05) is 26.7 Å². The molecule has 0 amide bonds. The Bertz CT molecular complexity index is 120. The average Bonchev–Trinajstić information content (AvgIpc) is 1.85. The largest absolute Gasteiger partial charge is 0.395 e. The van der Waals surface area contributed by atoms with E-state index in [1.54, 1.807) is 0 Å². The lowest BCUT2D eigenvalue weighted by Gasteiger charge is -2.36. The zero-order valence-corrected chi connectivity index (χ0v) is 8.67. The van der Waals surface area contributed by atoms with Crippen LogP contribution in [0.25, 0.3) is 0 Å². The molecule has 0 aromatic carbocycles. The molecule has 0 aromatic rings. The second-order valence-electron chi connectivity index (χ2n) is 4.32. The van der Waals surface area contributed by atoms with Crippen molar-refractivity contribution in [1.82, 2.24) is 4.90 Å². The van der Waals surface area contributed by atoms with Gasteiger partial charge in [0.2, 0.25) is 0 Å². The number of aliphatic hydroxyl groups is 1. The molecule has 0 saturated heterocycles. The van der Waals surface area contributed by atoms with E-state index in [9.17, 15) is 0 Å². The summed E-state index contributed by atoms with van der Waals surface area (Å²) in [5.41, 5.74) is 5.85. The smallest absolute Gasteiger partial charge is 0.0558 e. The lowest BCUT2D eigenvalue weighted by molar-refractivity contribution is 0.109. The number of aliphatic hydroxyl groups excluding tert-OH is 1. The van der Waals surface area contributed by atoms with Crippen LogP contribution in [0, 0.1) is 5.41 Å². The Balaban J connectivity index is 4.14. The highest BCUT2D eigenvalue weighted by molar-refractivity contribution is 4.82. The summed E-state index contributed by atoms with van der Waals surface area (Å²) in [7, 11) is 2.00. The molecule has 12 heavy (non-hydrogen) atoms. The molecule has 0 rings (SSSR count). The predicted octanol–water partition coefficient (Wildman–Crippen LogP) is 0.284. The first-order chi connectivity index (χ1) is 5.43. The highest BCUT2D eigenvalue weighted by Crippen LogP contribution is 2.22. The van der Waals surface area contributed by atoms with E-state index in [4.69, 9.17) is 10.8 Å². The molecule has 0 heterocycles. The van der Waals surface area contributed by atoms with Gasteiger partial charge in [-0.3, -0.25) is 4.90 Å². The minimum atomic E-state index is 0.179. The zero-order valence-electron chi connectivity index (χ0n) is 8.67. The molecule has 0 bridgehead atoms. The number of likely N-dealkylation sites (N-methyl/N-ethyl adjacent to an activating group) is 1. The van der Waals surface area contributed by atoms with Crippen molar-refractivity contribution in [3.8, 4) is 0 Å². The van der Waals surface area contributed by atoms with Gasteiger partial charge in [0.1, 0.15) is 0 Å². The summed E-state index contributed by atoms with van der Waals surface area (Å²) in [6.45, 7) is 8.03. The van der Waals surface area contributed by atoms with Gasteiger partial charge in [-0.05, 0) is 12.5 Å². The molecular formula is C9H22N2O. The summed E-state index contributed by atoms with van der Waals surface area (Å²) in [4.78, 5) is 2.11. The average molecular weight is 174 g/mol. The maximum atomic E-state index is 8.76. The molecule has 0 aliphatic heterocycles. The number of rotatable bonds is 4. The van der Waals surface area contributed by atoms with Crippen molar-refractivity contribution in [3.63, 3.8) is 0 Å². The number of nitrogens with zero attached hydrogens (tertiary/aromatic N) is 1. The van der Waals surface area contributed by atoms with E-state index in [1.165, 1.54) is 0 Å². The molecule has 74 valence electrons. The fourth-order valence-corrected chi connectivity index (χ4v) is 1.51. The van der Waals surface area contributed by atoms with Crippen molar-refractivity contribution in [3.05, 3.63) is 0 Å². The van der Waals surface area contributed by atoms with Crippen LogP contribution in [-0.4, -0.2) is 42.8 Å². The van der Waals surface area contributed by atoms with Gasteiger partial charge in [-0.25, -0.2) is 0 Å². The van der Waals surface area contributed by atoms with Gasteiger partial charge < -0.3 is 10.8 Å². The first kappa shape index (κ1) is 11.9. The van der Waals surface area contributed by atoms with Gasteiger partial charge in [-0.2, -0.15) is 0 Å². The minimum Gasteiger partial charge on any atom is -0.395 e. The summed E-state index contributed by atoms with van der Waals surface area (Å²) in [5, 5.41) is 8.76. The fraction of sp³-hybridized carbons (Fsp3) is 1.00. The van der Waals surface area contributed by atoms with Crippen LogP contribution < -0.4 is 5.73 Å². The first-order valence-electron chi connectivity index (χ1n) is 4.44. The van der Waals surface area contributed by atoms with Crippen molar-refractivity contribution < 1.29 is 5.11 Å². The maximum Gasteiger partial charge on any atom is 0.0558 e. The monoisotopic (exact) mass is 174 g/mol. The van der Waals surface area contributed by atoms with Crippen molar-refractivity contribution in [2.45, 2.75) is 26.8 Å². The van der Waals surface area contributed by atoms with Gasteiger partial charge in [0.05, 0.1) is 6.61 Å². The van der Waals surface area contributed by atoms with Crippen molar-refractivity contribution in [2.24, 2.45) is 11.1 Å². The van der Waals surface area contributed by atoms with Gasteiger partial charge in [-0.15, -0.1) is 0 Å². The molecular weight excluding hydrogens is 152 g/mol. The van der Waals surface area contributed by atoms with E-state index in [1.807, 2.05) is 7.05 Å². The Morgan fingerprint density at radius 1 is 1.42 bits per heavy atom. The van der Waals surface area contributed by atoms with Crippen LogP contribution in [0.2, 0.25) is 0 Å². The van der Waals surface area contributed by atoms with Crippen LogP contribution >= 0.6 is 0 Å². The normalized spacial score (nSPS) is 15.2. The SMILES string of the molecule is CN(CCO)C(CN)C(C)(C)C. The van der Waals surface area contributed by atoms with Crippen LogP contribution in [-0.2, 0) is 0 Å². The van der Waals surface area contributed by atoms with Crippen LogP contribution in [0.1, 0.15) is 20.8 Å². The van der Waals surface area contributed by atoms with Gasteiger partial charge in [-0.1, -0.05) is 20.8 Å². The van der Waals surface area contributed by atoms with Crippen LogP contribution in [0.3, 0.4) is 0 Å². The van der Waals surface area contributed by atoms with E-state index >= 15 is 0 Å². The molecule has 3 N–H and O–H groups in total. The molecule has 0 aromatic heterocycles. The predicted molar refractivity (Wildman–Crippen MR) is 52.0 cm³/mol. The van der Waals surface area contributed by atoms with Crippen molar-refractivity contribution in [1.29, 1.82) is 0 Å². The van der Waals surface area contributed by atoms with Crippen molar-refractivity contribution >= 4 is 0 Å². The maximum absolute atomic E-state index is 8.76. The molecule has 0 spiro atoms. The molecule has 3 nitrogen and oxygen atoms in total. The summed E-state index contributed by atoms with van der Waals surface area (Å²) >= 11 is 0. The topological polar surface area (TPSA) is 49.5 Å². The molecule has 1 atom stereocenters. The third-order valence-corrected chi connectivity index (χ3v) is 2.21. The third kappa shape index (κ3) is 3.52. The second kappa shape index (κ2) is 4.80. The van der Waals surface area contributed by atoms with Crippen LogP contribution in [0.15, 0.2) is 0 Å².